The van der Waals surface area contributed by atoms with E-state index in [1.54, 1.807) is 0 Å². The number of piperidine rings is 1. The van der Waals surface area contributed by atoms with Crippen molar-refractivity contribution in [1.82, 2.24) is 15.1 Å². The molecular formula is C14H24N4O3. The number of imide groups is 1. The van der Waals surface area contributed by atoms with Gasteiger partial charge in [0.2, 0.25) is 17.7 Å². The molecule has 0 radical (unpaired) electrons. The minimum Gasteiger partial charge on any atom is -0.333 e. The van der Waals surface area contributed by atoms with Gasteiger partial charge in [-0.2, -0.15) is 0 Å². The van der Waals surface area contributed by atoms with E-state index in [1.807, 2.05) is 4.90 Å². The summed E-state index contributed by atoms with van der Waals surface area (Å²) in [7, 11) is 0. The van der Waals surface area contributed by atoms with E-state index in [4.69, 9.17) is 5.73 Å². The van der Waals surface area contributed by atoms with E-state index >= 15 is 0 Å². The zero-order valence-electron chi connectivity index (χ0n) is 12.5. The maximum absolute atomic E-state index is 11.9. The molecule has 3 N–H and O–H groups in total. The monoisotopic (exact) mass is 296 g/mol. The van der Waals surface area contributed by atoms with E-state index in [0.29, 0.717) is 25.4 Å². The zero-order valence-corrected chi connectivity index (χ0v) is 12.5. The third kappa shape index (κ3) is 4.78. The number of carbonyl (C=O) groups is 3. The van der Waals surface area contributed by atoms with Gasteiger partial charge < -0.3 is 10.6 Å². The average molecular weight is 296 g/mol. The summed E-state index contributed by atoms with van der Waals surface area (Å²) >= 11 is 0. The van der Waals surface area contributed by atoms with Crippen LogP contribution in [0.15, 0.2) is 0 Å². The number of hydrogen-bond donors (Lipinski definition) is 2. The average Bonchev–Trinajstić information content (AvgIpc) is 2.73. The van der Waals surface area contributed by atoms with Gasteiger partial charge in [0.1, 0.15) is 0 Å². The highest BCUT2D eigenvalue weighted by Crippen LogP contribution is 2.14. The molecule has 0 aliphatic carbocycles. The Kier molecular flexibility index (Phi) is 5.30. The van der Waals surface area contributed by atoms with E-state index in [-0.39, 0.29) is 30.9 Å². The predicted molar refractivity (Wildman–Crippen MR) is 77.2 cm³/mol. The van der Waals surface area contributed by atoms with Gasteiger partial charge in [-0.25, -0.2) is 0 Å². The van der Waals surface area contributed by atoms with Gasteiger partial charge in [-0.1, -0.05) is 6.92 Å². The van der Waals surface area contributed by atoms with Gasteiger partial charge in [-0.3, -0.25) is 24.6 Å². The molecule has 0 spiro atoms. The maximum atomic E-state index is 11.9. The molecule has 3 amide bonds. The Hall–Kier alpha value is -1.47. The number of nitrogens with one attached hydrogen (secondary N) is 1. The van der Waals surface area contributed by atoms with Crippen LogP contribution in [0.2, 0.25) is 0 Å². The normalized spacial score (nSPS) is 27.0. The molecule has 2 aliphatic heterocycles. The first kappa shape index (κ1) is 15.9. The van der Waals surface area contributed by atoms with Crippen LogP contribution >= 0.6 is 0 Å². The Bertz CT molecular complexity index is 416. The number of carbonyl (C=O) groups excluding carboxylic acids is 3. The van der Waals surface area contributed by atoms with Gasteiger partial charge >= 0.3 is 0 Å². The molecule has 2 saturated heterocycles. The van der Waals surface area contributed by atoms with Crippen LogP contribution in [0.3, 0.4) is 0 Å². The first-order valence-electron chi connectivity index (χ1n) is 7.52. The molecule has 118 valence electrons. The molecule has 0 aromatic rings. The van der Waals surface area contributed by atoms with Crippen LogP contribution in [0.4, 0.5) is 0 Å². The lowest BCUT2D eigenvalue weighted by atomic mass is 9.97. The summed E-state index contributed by atoms with van der Waals surface area (Å²) in [6.07, 6.45) is 2.24. The van der Waals surface area contributed by atoms with Crippen molar-refractivity contribution >= 4 is 17.7 Å². The van der Waals surface area contributed by atoms with Gasteiger partial charge in [0, 0.05) is 32.1 Å². The number of hydrogen-bond acceptors (Lipinski definition) is 5. The third-order valence-electron chi connectivity index (χ3n) is 3.92. The highest BCUT2D eigenvalue weighted by atomic mass is 16.2. The molecule has 0 aromatic carbocycles. The van der Waals surface area contributed by atoms with Gasteiger partial charge in [-0.15, -0.1) is 0 Å². The van der Waals surface area contributed by atoms with E-state index in [0.717, 1.165) is 19.4 Å². The SMILES string of the molecule is CC1CC(N)CN(CC(=O)NC(=O)CN2CCCC2=O)C1. The molecule has 2 rings (SSSR count). The highest BCUT2D eigenvalue weighted by Gasteiger charge is 2.25. The molecule has 7 heteroatoms. The first-order valence-corrected chi connectivity index (χ1v) is 7.52. The first-order chi connectivity index (χ1) is 9.94. The second-order valence-corrected chi connectivity index (χ2v) is 6.19. The summed E-state index contributed by atoms with van der Waals surface area (Å²) in [5.74, 6) is -0.301. The molecule has 2 atom stereocenters. The highest BCUT2D eigenvalue weighted by molar-refractivity contribution is 5.98. The Morgan fingerprint density at radius 3 is 2.62 bits per heavy atom. The summed E-state index contributed by atoms with van der Waals surface area (Å²) in [5, 5.41) is 2.35. The Morgan fingerprint density at radius 1 is 1.29 bits per heavy atom. The molecule has 7 nitrogen and oxygen atoms in total. The van der Waals surface area contributed by atoms with E-state index in [9.17, 15) is 14.4 Å². The summed E-state index contributed by atoms with van der Waals surface area (Å²) in [6.45, 7) is 4.35. The topological polar surface area (TPSA) is 95.7 Å². The number of amides is 3. The van der Waals surface area contributed by atoms with Crippen molar-refractivity contribution < 1.29 is 14.4 Å². The second kappa shape index (κ2) is 7.00. The van der Waals surface area contributed by atoms with E-state index < -0.39 is 5.91 Å². The molecular weight excluding hydrogens is 272 g/mol. The van der Waals surface area contributed by atoms with E-state index in [1.165, 1.54) is 4.90 Å². The van der Waals surface area contributed by atoms with Crippen LogP contribution in [-0.4, -0.2) is 66.3 Å². The molecule has 2 heterocycles. The lowest BCUT2D eigenvalue weighted by Gasteiger charge is -2.34. The zero-order chi connectivity index (χ0) is 15.4. The van der Waals surface area contributed by atoms with Crippen molar-refractivity contribution in [2.45, 2.75) is 32.2 Å². The maximum Gasteiger partial charge on any atom is 0.246 e. The number of nitrogens with two attached hydrogens (primary N) is 1. The van der Waals surface area contributed by atoms with Crippen LogP contribution in [0.25, 0.3) is 0 Å². The van der Waals surface area contributed by atoms with Gasteiger partial charge in [-0.05, 0) is 18.8 Å². The lowest BCUT2D eigenvalue weighted by Crippen LogP contribution is -2.51. The lowest BCUT2D eigenvalue weighted by molar-refractivity contribution is -0.136. The number of likely N-dealkylation sites (tertiary alicyclic amines) is 2. The van der Waals surface area contributed by atoms with Crippen molar-refractivity contribution in [1.29, 1.82) is 0 Å². The van der Waals surface area contributed by atoms with Crippen LogP contribution in [-0.2, 0) is 14.4 Å². The predicted octanol–water partition coefficient (Wildman–Crippen LogP) is -1.08. The smallest absolute Gasteiger partial charge is 0.246 e. The third-order valence-corrected chi connectivity index (χ3v) is 3.92. The Balaban J connectivity index is 1.73. The standard InChI is InChI=1S/C14H24N4O3/c1-10-5-11(15)7-17(6-10)8-12(19)16-13(20)9-18-4-2-3-14(18)21/h10-11H,2-9,15H2,1H3,(H,16,19,20). The van der Waals surface area contributed by atoms with E-state index in [2.05, 4.69) is 12.2 Å². The minimum atomic E-state index is -0.412. The fourth-order valence-corrected chi connectivity index (χ4v) is 3.12. The summed E-state index contributed by atoms with van der Waals surface area (Å²) in [6, 6.07) is 0.0828. The van der Waals surface area contributed by atoms with Gasteiger partial charge in [0.05, 0.1) is 13.1 Å². The minimum absolute atomic E-state index is 0.0200. The summed E-state index contributed by atoms with van der Waals surface area (Å²) in [4.78, 5) is 38.5. The van der Waals surface area contributed by atoms with Gasteiger partial charge in [0.15, 0.2) is 0 Å². The van der Waals surface area contributed by atoms with Crippen molar-refractivity contribution in [3.8, 4) is 0 Å². The molecule has 0 saturated carbocycles. The Morgan fingerprint density at radius 2 is 2.00 bits per heavy atom. The number of rotatable bonds is 4. The Labute approximate surface area is 124 Å². The summed E-state index contributed by atoms with van der Waals surface area (Å²) in [5.41, 5.74) is 5.93. The second-order valence-electron chi connectivity index (χ2n) is 6.19. The quantitative estimate of drug-likeness (QED) is 0.688. The number of nitrogens with zero attached hydrogens (tertiary/aromatic N) is 2. The molecule has 0 aromatic heterocycles. The van der Waals surface area contributed by atoms with Crippen molar-refractivity contribution in [2.24, 2.45) is 11.7 Å². The molecule has 2 aliphatic rings. The van der Waals surface area contributed by atoms with Crippen LogP contribution in [0.1, 0.15) is 26.2 Å². The van der Waals surface area contributed by atoms with Crippen LogP contribution < -0.4 is 11.1 Å². The molecule has 21 heavy (non-hydrogen) atoms. The van der Waals surface area contributed by atoms with Crippen molar-refractivity contribution in [3.05, 3.63) is 0 Å². The largest absolute Gasteiger partial charge is 0.333 e. The van der Waals surface area contributed by atoms with Crippen LogP contribution in [0, 0.1) is 5.92 Å². The fourth-order valence-electron chi connectivity index (χ4n) is 3.12. The molecule has 0 bridgehead atoms. The molecule has 2 unspecified atom stereocenters. The van der Waals surface area contributed by atoms with Crippen molar-refractivity contribution in [3.63, 3.8) is 0 Å². The molecule has 2 fully saturated rings. The van der Waals surface area contributed by atoms with Gasteiger partial charge in [0.25, 0.3) is 0 Å². The summed E-state index contributed by atoms with van der Waals surface area (Å²) < 4.78 is 0. The van der Waals surface area contributed by atoms with Crippen LogP contribution in [0.5, 0.6) is 0 Å². The fraction of sp³-hybridized carbons (Fsp3) is 0.786. The van der Waals surface area contributed by atoms with Crippen molar-refractivity contribution in [2.75, 3.05) is 32.7 Å².